The van der Waals surface area contributed by atoms with Crippen molar-refractivity contribution in [2.24, 2.45) is 0 Å². The number of benzene rings is 1. The summed E-state index contributed by atoms with van der Waals surface area (Å²) in [4.78, 5) is 18.8. The van der Waals surface area contributed by atoms with Gasteiger partial charge in [-0.1, -0.05) is 0 Å². The number of likely N-dealkylation sites (tertiary alicyclic amines) is 1. The SMILES string of the molecule is N#Cc1ccc(OCC(O)CN2CCN(CC(=O)N3CCCCC3)CC2)cc1. The third-order valence-corrected chi connectivity index (χ3v) is 5.43. The molecule has 0 spiro atoms. The average molecular weight is 386 g/mol. The predicted octanol–water partition coefficient (Wildman–Crippen LogP) is 0.928. The summed E-state index contributed by atoms with van der Waals surface area (Å²) in [6, 6.07) is 8.95. The number of piperidine rings is 1. The number of hydrogen-bond donors (Lipinski definition) is 1. The number of piperazine rings is 1. The monoisotopic (exact) mass is 386 g/mol. The Balaban J connectivity index is 1.33. The van der Waals surface area contributed by atoms with Crippen molar-refractivity contribution in [2.75, 3.05) is 59.0 Å². The summed E-state index contributed by atoms with van der Waals surface area (Å²) >= 11 is 0. The van der Waals surface area contributed by atoms with E-state index in [0.29, 0.717) is 24.4 Å². The van der Waals surface area contributed by atoms with Crippen molar-refractivity contribution in [3.8, 4) is 11.8 Å². The minimum Gasteiger partial charge on any atom is -0.491 e. The Hall–Kier alpha value is -2.14. The molecule has 1 atom stereocenters. The van der Waals surface area contributed by atoms with Gasteiger partial charge in [0.05, 0.1) is 18.2 Å². The van der Waals surface area contributed by atoms with Crippen molar-refractivity contribution < 1.29 is 14.6 Å². The van der Waals surface area contributed by atoms with Gasteiger partial charge < -0.3 is 14.7 Å². The van der Waals surface area contributed by atoms with Crippen LogP contribution in [0.15, 0.2) is 24.3 Å². The first-order valence-electron chi connectivity index (χ1n) is 10.2. The van der Waals surface area contributed by atoms with Crippen LogP contribution in [0.2, 0.25) is 0 Å². The van der Waals surface area contributed by atoms with E-state index in [1.165, 1.54) is 6.42 Å². The van der Waals surface area contributed by atoms with Crippen molar-refractivity contribution in [1.82, 2.24) is 14.7 Å². The quantitative estimate of drug-likeness (QED) is 0.751. The zero-order valence-electron chi connectivity index (χ0n) is 16.4. The second-order valence-electron chi connectivity index (χ2n) is 7.62. The van der Waals surface area contributed by atoms with Gasteiger partial charge in [-0.05, 0) is 43.5 Å². The van der Waals surface area contributed by atoms with E-state index in [1.807, 2.05) is 4.90 Å². The van der Waals surface area contributed by atoms with Crippen molar-refractivity contribution >= 4 is 5.91 Å². The third kappa shape index (κ3) is 6.20. The number of carbonyl (C=O) groups excluding carboxylic acids is 1. The van der Waals surface area contributed by atoms with E-state index in [-0.39, 0.29) is 12.5 Å². The Kier molecular flexibility index (Phi) is 7.66. The summed E-state index contributed by atoms with van der Waals surface area (Å²) in [7, 11) is 0. The van der Waals surface area contributed by atoms with Crippen LogP contribution in [0.25, 0.3) is 0 Å². The van der Waals surface area contributed by atoms with Crippen LogP contribution in [-0.4, -0.2) is 90.8 Å². The van der Waals surface area contributed by atoms with Crippen molar-refractivity contribution in [1.29, 1.82) is 5.26 Å². The molecule has 3 rings (SSSR count). The smallest absolute Gasteiger partial charge is 0.236 e. The Morgan fingerprint density at radius 1 is 1.04 bits per heavy atom. The number of ether oxygens (including phenoxy) is 1. The lowest BCUT2D eigenvalue weighted by molar-refractivity contribution is -0.133. The number of carbonyl (C=O) groups is 1. The van der Waals surface area contributed by atoms with Crippen LogP contribution >= 0.6 is 0 Å². The molecule has 7 heteroatoms. The fourth-order valence-electron chi connectivity index (χ4n) is 3.73. The Morgan fingerprint density at radius 2 is 1.68 bits per heavy atom. The van der Waals surface area contributed by atoms with E-state index >= 15 is 0 Å². The summed E-state index contributed by atoms with van der Waals surface area (Å²) in [6.07, 6.45) is 2.92. The summed E-state index contributed by atoms with van der Waals surface area (Å²) in [5, 5.41) is 19.1. The molecule has 2 fully saturated rings. The highest BCUT2D eigenvalue weighted by Crippen LogP contribution is 2.13. The van der Waals surface area contributed by atoms with Crippen LogP contribution in [0.4, 0.5) is 0 Å². The number of nitrogens with zero attached hydrogens (tertiary/aromatic N) is 4. The highest BCUT2D eigenvalue weighted by molar-refractivity contribution is 5.78. The maximum atomic E-state index is 12.4. The molecule has 1 N–H and O–H groups in total. The zero-order valence-corrected chi connectivity index (χ0v) is 16.4. The lowest BCUT2D eigenvalue weighted by atomic mass is 10.1. The van der Waals surface area contributed by atoms with Crippen LogP contribution in [0.1, 0.15) is 24.8 Å². The molecule has 0 saturated carbocycles. The van der Waals surface area contributed by atoms with Gasteiger partial charge in [-0.15, -0.1) is 0 Å². The number of β-amino-alcohol motifs (C(OH)–C–C–N with tert-alkyl or cyclic N) is 1. The highest BCUT2D eigenvalue weighted by atomic mass is 16.5. The molecule has 1 aromatic carbocycles. The first-order valence-corrected chi connectivity index (χ1v) is 10.2. The molecule has 152 valence electrons. The third-order valence-electron chi connectivity index (χ3n) is 5.43. The number of nitriles is 1. The molecule has 1 amide bonds. The Bertz CT molecular complexity index is 659. The number of aliphatic hydroxyl groups excluding tert-OH is 1. The van der Waals surface area contributed by atoms with Gasteiger partial charge in [0, 0.05) is 45.8 Å². The van der Waals surface area contributed by atoms with E-state index in [0.717, 1.165) is 52.1 Å². The molecule has 2 saturated heterocycles. The summed E-state index contributed by atoms with van der Waals surface area (Å²) < 4.78 is 5.60. The van der Waals surface area contributed by atoms with E-state index < -0.39 is 6.10 Å². The fraction of sp³-hybridized carbons (Fsp3) is 0.619. The lowest BCUT2D eigenvalue weighted by Gasteiger charge is -2.36. The molecule has 28 heavy (non-hydrogen) atoms. The van der Waals surface area contributed by atoms with E-state index in [2.05, 4.69) is 15.9 Å². The largest absolute Gasteiger partial charge is 0.491 e. The van der Waals surface area contributed by atoms with Crippen molar-refractivity contribution in [3.63, 3.8) is 0 Å². The molecule has 0 radical (unpaired) electrons. The van der Waals surface area contributed by atoms with E-state index in [1.54, 1.807) is 24.3 Å². The minimum atomic E-state index is -0.572. The van der Waals surface area contributed by atoms with Gasteiger partial charge in [-0.2, -0.15) is 5.26 Å². The fourth-order valence-corrected chi connectivity index (χ4v) is 3.73. The maximum absolute atomic E-state index is 12.4. The summed E-state index contributed by atoms with van der Waals surface area (Å²) in [5.74, 6) is 0.906. The highest BCUT2D eigenvalue weighted by Gasteiger charge is 2.23. The normalized spacial score (nSPS) is 19.8. The molecular weight excluding hydrogens is 356 g/mol. The molecule has 7 nitrogen and oxygen atoms in total. The Morgan fingerprint density at radius 3 is 2.32 bits per heavy atom. The van der Waals surface area contributed by atoms with Gasteiger partial charge in [-0.25, -0.2) is 0 Å². The van der Waals surface area contributed by atoms with E-state index in [4.69, 9.17) is 10.00 Å². The number of aliphatic hydroxyl groups is 1. The summed E-state index contributed by atoms with van der Waals surface area (Å²) in [5.41, 5.74) is 0.588. The molecule has 2 aliphatic rings. The molecule has 1 aromatic rings. The topological polar surface area (TPSA) is 80.0 Å². The molecule has 2 aliphatic heterocycles. The second kappa shape index (κ2) is 10.4. The van der Waals surface area contributed by atoms with Crippen LogP contribution < -0.4 is 4.74 Å². The first-order chi connectivity index (χ1) is 13.6. The van der Waals surface area contributed by atoms with Crippen molar-refractivity contribution in [2.45, 2.75) is 25.4 Å². The van der Waals surface area contributed by atoms with Crippen molar-refractivity contribution in [3.05, 3.63) is 29.8 Å². The van der Waals surface area contributed by atoms with Crippen LogP contribution in [0.3, 0.4) is 0 Å². The second-order valence-corrected chi connectivity index (χ2v) is 7.62. The predicted molar refractivity (Wildman–Crippen MR) is 106 cm³/mol. The maximum Gasteiger partial charge on any atom is 0.236 e. The minimum absolute atomic E-state index is 0.222. The standard InChI is InChI=1S/C21H30N4O3/c22-14-18-4-6-20(7-5-18)28-17-19(26)15-23-10-12-24(13-11-23)16-21(27)25-8-2-1-3-9-25/h4-7,19,26H,1-3,8-13,15-17H2. The number of amides is 1. The van der Waals surface area contributed by atoms with Gasteiger partial charge in [0.2, 0.25) is 5.91 Å². The van der Waals surface area contributed by atoms with Gasteiger partial charge in [0.1, 0.15) is 18.5 Å². The molecular formula is C21H30N4O3. The Labute approximate surface area is 167 Å². The summed E-state index contributed by atoms with van der Waals surface area (Å²) in [6.45, 7) is 6.50. The molecule has 0 bridgehead atoms. The van der Waals surface area contributed by atoms with Crippen LogP contribution in [-0.2, 0) is 4.79 Å². The molecule has 2 heterocycles. The zero-order chi connectivity index (χ0) is 19.8. The van der Waals surface area contributed by atoms with Crippen LogP contribution in [0.5, 0.6) is 5.75 Å². The molecule has 0 aliphatic carbocycles. The first kappa shape index (κ1) is 20.6. The number of rotatable bonds is 7. The lowest BCUT2D eigenvalue weighted by Crippen LogP contribution is -2.52. The van der Waals surface area contributed by atoms with Gasteiger partial charge in [0.15, 0.2) is 0 Å². The molecule has 0 aromatic heterocycles. The van der Waals surface area contributed by atoms with Gasteiger partial charge in [0.25, 0.3) is 0 Å². The van der Waals surface area contributed by atoms with Gasteiger partial charge in [-0.3, -0.25) is 14.6 Å². The molecule has 1 unspecified atom stereocenters. The van der Waals surface area contributed by atoms with Crippen LogP contribution in [0, 0.1) is 11.3 Å². The van der Waals surface area contributed by atoms with Gasteiger partial charge >= 0.3 is 0 Å². The van der Waals surface area contributed by atoms with E-state index in [9.17, 15) is 9.90 Å². The number of hydrogen-bond acceptors (Lipinski definition) is 6. The average Bonchev–Trinajstić information content (AvgIpc) is 2.74.